The summed E-state index contributed by atoms with van der Waals surface area (Å²) in [5, 5.41) is 10.1. The van der Waals surface area contributed by atoms with E-state index in [0.717, 1.165) is 17.5 Å². The quantitative estimate of drug-likeness (QED) is 0.891. The number of anilines is 1. The molecule has 0 bridgehead atoms. The van der Waals surface area contributed by atoms with Gasteiger partial charge >= 0.3 is 12.2 Å². The lowest BCUT2D eigenvalue weighted by molar-refractivity contribution is -0.142. The predicted molar refractivity (Wildman–Crippen MR) is 84.3 cm³/mol. The normalized spacial score (nSPS) is 18.2. The van der Waals surface area contributed by atoms with Crippen molar-refractivity contribution in [2.24, 2.45) is 5.92 Å². The molecule has 0 saturated carbocycles. The molecule has 1 fully saturated rings. The Kier molecular flexibility index (Phi) is 5.14. The van der Waals surface area contributed by atoms with Crippen LogP contribution in [-0.4, -0.2) is 50.1 Å². The summed E-state index contributed by atoms with van der Waals surface area (Å²) in [6, 6.07) is 0.962. The molecule has 3 heterocycles. The number of halogens is 3. The van der Waals surface area contributed by atoms with Gasteiger partial charge in [0, 0.05) is 38.7 Å². The third kappa shape index (κ3) is 4.96. The molecule has 0 aliphatic carbocycles. The second-order valence-electron chi connectivity index (χ2n) is 6.33. The molecule has 26 heavy (non-hydrogen) atoms. The SMILES string of the molecule is Cc1nc(CC2CCCN(C(=O)Nc3ccn(CC(F)(F)F)n3)C2)no1. The molecule has 11 heteroatoms. The van der Waals surface area contributed by atoms with Crippen LogP contribution in [0.4, 0.5) is 23.8 Å². The van der Waals surface area contributed by atoms with E-state index in [-0.39, 0.29) is 17.8 Å². The maximum Gasteiger partial charge on any atom is 0.408 e. The van der Waals surface area contributed by atoms with Crippen molar-refractivity contribution < 1.29 is 22.5 Å². The van der Waals surface area contributed by atoms with Crippen LogP contribution in [0.3, 0.4) is 0 Å². The molecule has 2 amide bonds. The van der Waals surface area contributed by atoms with Crippen molar-refractivity contribution in [2.45, 2.75) is 38.9 Å². The van der Waals surface area contributed by atoms with Gasteiger partial charge in [-0.05, 0) is 18.8 Å². The number of hydrogen-bond acceptors (Lipinski definition) is 5. The summed E-state index contributed by atoms with van der Waals surface area (Å²) < 4.78 is 42.8. The van der Waals surface area contributed by atoms with Crippen LogP contribution < -0.4 is 5.32 Å². The molecule has 142 valence electrons. The average molecular weight is 372 g/mol. The summed E-state index contributed by atoms with van der Waals surface area (Å²) in [6.45, 7) is 1.62. The number of carbonyl (C=O) groups is 1. The number of carbonyl (C=O) groups excluding carboxylic acids is 1. The lowest BCUT2D eigenvalue weighted by Crippen LogP contribution is -2.43. The molecule has 8 nitrogen and oxygen atoms in total. The Morgan fingerprint density at radius 1 is 1.46 bits per heavy atom. The van der Waals surface area contributed by atoms with Crippen molar-refractivity contribution >= 4 is 11.8 Å². The molecule has 1 atom stereocenters. The fraction of sp³-hybridized carbons (Fsp3) is 0.600. The standard InChI is InChI=1S/C15H19F3N6O2/c1-10-19-13(22-26-10)7-11-3-2-5-23(8-11)14(25)20-12-4-6-24(21-12)9-15(16,17)18/h4,6,11H,2-3,5,7-9H2,1H3,(H,20,21,25). The number of piperidine rings is 1. The van der Waals surface area contributed by atoms with Gasteiger partial charge in [-0.3, -0.25) is 10.00 Å². The largest absolute Gasteiger partial charge is 0.408 e. The maximum atomic E-state index is 12.4. The lowest BCUT2D eigenvalue weighted by atomic mass is 9.95. The van der Waals surface area contributed by atoms with Gasteiger partial charge in [0.2, 0.25) is 5.89 Å². The van der Waals surface area contributed by atoms with Crippen LogP contribution in [0.15, 0.2) is 16.8 Å². The zero-order valence-electron chi connectivity index (χ0n) is 14.2. The number of rotatable bonds is 4. The van der Waals surface area contributed by atoms with Crippen LogP contribution in [0.2, 0.25) is 0 Å². The Labute approximate surface area is 147 Å². The van der Waals surface area contributed by atoms with E-state index in [2.05, 4.69) is 20.6 Å². The number of nitrogens with one attached hydrogen (secondary N) is 1. The van der Waals surface area contributed by atoms with E-state index in [0.29, 0.717) is 31.2 Å². The molecule has 1 aliphatic heterocycles. The molecule has 2 aromatic rings. The highest BCUT2D eigenvalue weighted by Gasteiger charge is 2.29. The third-order valence-corrected chi connectivity index (χ3v) is 4.06. The number of nitrogens with zero attached hydrogens (tertiary/aromatic N) is 5. The topological polar surface area (TPSA) is 89.1 Å². The van der Waals surface area contributed by atoms with Crippen molar-refractivity contribution in [1.29, 1.82) is 0 Å². The first-order chi connectivity index (χ1) is 12.3. The minimum atomic E-state index is -4.36. The molecular weight excluding hydrogens is 353 g/mol. The molecule has 1 N–H and O–H groups in total. The number of aromatic nitrogens is 4. The first kappa shape index (κ1) is 18.2. The molecule has 0 radical (unpaired) electrons. The molecule has 3 rings (SSSR count). The Hall–Kier alpha value is -2.59. The maximum absolute atomic E-state index is 12.4. The molecular formula is C15H19F3N6O2. The van der Waals surface area contributed by atoms with Gasteiger partial charge in [0.05, 0.1) is 0 Å². The highest BCUT2D eigenvalue weighted by atomic mass is 19.4. The minimum absolute atomic E-state index is 0.0927. The second-order valence-corrected chi connectivity index (χ2v) is 6.33. The monoisotopic (exact) mass is 372 g/mol. The van der Waals surface area contributed by atoms with Gasteiger partial charge in [0.15, 0.2) is 11.6 Å². The number of likely N-dealkylation sites (tertiary alicyclic amines) is 1. The summed E-state index contributed by atoms with van der Waals surface area (Å²) in [5.41, 5.74) is 0. The van der Waals surface area contributed by atoms with E-state index in [4.69, 9.17) is 4.52 Å². The Morgan fingerprint density at radius 2 is 2.27 bits per heavy atom. The van der Waals surface area contributed by atoms with Gasteiger partial charge in [0.1, 0.15) is 6.54 Å². The van der Waals surface area contributed by atoms with E-state index in [9.17, 15) is 18.0 Å². The summed E-state index contributed by atoms with van der Waals surface area (Å²) in [4.78, 5) is 18.2. The zero-order valence-corrected chi connectivity index (χ0v) is 14.2. The highest BCUT2D eigenvalue weighted by Crippen LogP contribution is 2.21. The number of amides is 2. The van der Waals surface area contributed by atoms with E-state index in [1.807, 2.05) is 0 Å². The number of aryl methyl sites for hydroxylation is 1. The average Bonchev–Trinajstić information content (AvgIpc) is 3.15. The van der Waals surface area contributed by atoms with Gasteiger partial charge in [-0.1, -0.05) is 5.16 Å². The summed E-state index contributed by atoms with van der Waals surface area (Å²) in [6.07, 6.45) is -0.794. The minimum Gasteiger partial charge on any atom is -0.340 e. The zero-order chi connectivity index (χ0) is 18.7. The van der Waals surface area contributed by atoms with Crippen LogP contribution in [0, 0.1) is 12.8 Å². The highest BCUT2D eigenvalue weighted by molar-refractivity contribution is 5.88. The summed E-state index contributed by atoms with van der Waals surface area (Å²) in [7, 11) is 0. The Balaban J connectivity index is 1.54. The van der Waals surface area contributed by atoms with Crippen LogP contribution in [0.5, 0.6) is 0 Å². The number of alkyl halides is 3. The second kappa shape index (κ2) is 7.34. The van der Waals surface area contributed by atoms with E-state index >= 15 is 0 Å². The van der Waals surface area contributed by atoms with Crippen LogP contribution >= 0.6 is 0 Å². The van der Waals surface area contributed by atoms with Crippen molar-refractivity contribution in [1.82, 2.24) is 24.8 Å². The van der Waals surface area contributed by atoms with Crippen LogP contribution in [-0.2, 0) is 13.0 Å². The third-order valence-electron chi connectivity index (χ3n) is 4.06. The first-order valence-corrected chi connectivity index (χ1v) is 8.24. The summed E-state index contributed by atoms with van der Waals surface area (Å²) >= 11 is 0. The predicted octanol–water partition coefficient (Wildman–Crippen LogP) is 2.62. The van der Waals surface area contributed by atoms with Crippen molar-refractivity contribution in [2.75, 3.05) is 18.4 Å². The fourth-order valence-electron chi connectivity index (χ4n) is 2.99. The van der Waals surface area contributed by atoms with Gasteiger partial charge in [-0.25, -0.2) is 4.79 Å². The number of urea groups is 1. The lowest BCUT2D eigenvalue weighted by Gasteiger charge is -2.32. The summed E-state index contributed by atoms with van der Waals surface area (Å²) in [5.74, 6) is 1.41. The van der Waals surface area contributed by atoms with Crippen molar-refractivity contribution in [3.63, 3.8) is 0 Å². The van der Waals surface area contributed by atoms with Crippen molar-refractivity contribution in [3.05, 3.63) is 24.0 Å². The molecule has 1 unspecified atom stereocenters. The van der Waals surface area contributed by atoms with E-state index in [1.165, 1.54) is 12.3 Å². The number of hydrogen-bond donors (Lipinski definition) is 1. The molecule has 0 spiro atoms. The molecule has 1 aliphatic rings. The molecule has 1 saturated heterocycles. The van der Waals surface area contributed by atoms with Gasteiger partial charge in [-0.2, -0.15) is 23.3 Å². The van der Waals surface area contributed by atoms with Crippen LogP contribution in [0.1, 0.15) is 24.6 Å². The van der Waals surface area contributed by atoms with Crippen molar-refractivity contribution in [3.8, 4) is 0 Å². The van der Waals surface area contributed by atoms with Gasteiger partial charge < -0.3 is 9.42 Å². The van der Waals surface area contributed by atoms with Gasteiger partial charge in [0.25, 0.3) is 0 Å². The first-order valence-electron chi connectivity index (χ1n) is 8.24. The molecule has 2 aromatic heterocycles. The Bertz CT molecular complexity index is 757. The van der Waals surface area contributed by atoms with Gasteiger partial charge in [-0.15, -0.1) is 0 Å². The smallest absolute Gasteiger partial charge is 0.340 e. The van der Waals surface area contributed by atoms with E-state index in [1.54, 1.807) is 11.8 Å². The van der Waals surface area contributed by atoms with E-state index < -0.39 is 12.7 Å². The Morgan fingerprint density at radius 3 is 2.96 bits per heavy atom. The molecule has 0 aromatic carbocycles. The van der Waals surface area contributed by atoms with Crippen LogP contribution in [0.25, 0.3) is 0 Å². The fourth-order valence-corrected chi connectivity index (χ4v) is 2.99.